The van der Waals surface area contributed by atoms with Gasteiger partial charge in [-0.15, -0.1) is 0 Å². The fraction of sp³-hybridized carbons (Fsp3) is 0.0870. The molecule has 0 heterocycles. The van der Waals surface area contributed by atoms with Crippen molar-refractivity contribution in [2.75, 3.05) is 0 Å². The summed E-state index contributed by atoms with van der Waals surface area (Å²) in [5.74, 6) is 0. The van der Waals surface area contributed by atoms with Crippen LogP contribution in [0.2, 0.25) is 0 Å². The quantitative estimate of drug-likeness (QED) is 0.607. The highest BCUT2D eigenvalue weighted by Crippen LogP contribution is 2.27. The number of aliphatic imine (C=N–C) groups is 1. The smallest absolute Gasteiger partial charge is 0.100 e. The molecule has 1 nitrogen and oxygen atoms in total. The SMILES string of the molecule is C1=Cc2ccccc2CC1=NC(c1ccccc1)c1ccccc1. The van der Waals surface area contributed by atoms with Crippen molar-refractivity contribution in [2.24, 2.45) is 4.99 Å². The standard InChI is InChI=1S/C23H19N/c1-3-10-19(11-4-1)23(20-12-5-2-6-13-20)24-22-16-15-18-9-7-8-14-21(18)17-22/h1-16,23H,17H2. The van der Waals surface area contributed by atoms with Crippen molar-refractivity contribution in [3.05, 3.63) is 113 Å². The molecule has 0 aliphatic heterocycles. The molecule has 0 radical (unpaired) electrons. The molecular weight excluding hydrogens is 290 g/mol. The minimum Gasteiger partial charge on any atom is -0.277 e. The molecule has 3 aromatic rings. The van der Waals surface area contributed by atoms with Gasteiger partial charge in [-0.2, -0.15) is 0 Å². The number of fused-ring (bicyclic) bond motifs is 1. The van der Waals surface area contributed by atoms with E-state index in [0.717, 1.165) is 12.1 Å². The Bertz CT molecular complexity index is 837. The van der Waals surface area contributed by atoms with E-state index in [1.807, 2.05) is 0 Å². The number of rotatable bonds is 3. The summed E-state index contributed by atoms with van der Waals surface area (Å²) < 4.78 is 0. The molecule has 0 saturated carbocycles. The predicted molar refractivity (Wildman–Crippen MR) is 101 cm³/mol. The summed E-state index contributed by atoms with van der Waals surface area (Å²) in [5.41, 5.74) is 6.23. The topological polar surface area (TPSA) is 12.4 Å². The Morgan fingerprint density at radius 2 is 1.21 bits per heavy atom. The van der Waals surface area contributed by atoms with Gasteiger partial charge >= 0.3 is 0 Å². The zero-order chi connectivity index (χ0) is 16.2. The summed E-state index contributed by atoms with van der Waals surface area (Å²) in [6.07, 6.45) is 5.22. The Hall–Kier alpha value is -2.93. The predicted octanol–water partition coefficient (Wildman–Crippen LogP) is 5.49. The largest absolute Gasteiger partial charge is 0.277 e. The van der Waals surface area contributed by atoms with Crippen LogP contribution in [0.1, 0.15) is 28.3 Å². The summed E-state index contributed by atoms with van der Waals surface area (Å²) >= 11 is 0. The van der Waals surface area contributed by atoms with Gasteiger partial charge in [-0.25, -0.2) is 0 Å². The van der Waals surface area contributed by atoms with E-state index >= 15 is 0 Å². The normalized spacial score (nSPS) is 14.8. The van der Waals surface area contributed by atoms with Crippen LogP contribution in [0.5, 0.6) is 0 Å². The molecule has 3 aromatic carbocycles. The molecule has 0 atom stereocenters. The van der Waals surface area contributed by atoms with Crippen molar-refractivity contribution in [3.63, 3.8) is 0 Å². The zero-order valence-corrected chi connectivity index (χ0v) is 13.5. The lowest BCUT2D eigenvalue weighted by Crippen LogP contribution is -2.09. The van der Waals surface area contributed by atoms with Crippen molar-refractivity contribution >= 4 is 11.8 Å². The van der Waals surface area contributed by atoms with Crippen molar-refractivity contribution in [3.8, 4) is 0 Å². The third-order valence-corrected chi connectivity index (χ3v) is 4.41. The van der Waals surface area contributed by atoms with E-state index in [4.69, 9.17) is 4.99 Å². The van der Waals surface area contributed by atoms with E-state index in [-0.39, 0.29) is 6.04 Å². The van der Waals surface area contributed by atoms with Gasteiger partial charge in [-0.05, 0) is 28.3 Å². The summed E-state index contributed by atoms with van der Waals surface area (Å²) in [6, 6.07) is 29.6. The number of allylic oxidation sites excluding steroid dienone is 1. The third kappa shape index (κ3) is 3.07. The Balaban J connectivity index is 1.73. The molecule has 0 bridgehead atoms. The Morgan fingerprint density at radius 3 is 1.88 bits per heavy atom. The number of nitrogens with zero attached hydrogens (tertiary/aromatic N) is 1. The van der Waals surface area contributed by atoms with Crippen LogP contribution in [0.3, 0.4) is 0 Å². The molecule has 1 aliphatic rings. The molecule has 0 amide bonds. The molecule has 1 heteroatoms. The number of hydrogen-bond donors (Lipinski definition) is 0. The molecule has 4 rings (SSSR count). The maximum atomic E-state index is 5.10. The number of hydrogen-bond acceptors (Lipinski definition) is 1. The second kappa shape index (κ2) is 6.67. The average Bonchev–Trinajstić information content (AvgIpc) is 2.67. The fourth-order valence-corrected chi connectivity index (χ4v) is 3.16. The van der Waals surface area contributed by atoms with Crippen LogP contribution < -0.4 is 0 Å². The molecule has 0 aromatic heterocycles. The summed E-state index contributed by atoms with van der Waals surface area (Å²) in [7, 11) is 0. The van der Waals surface area contributed by atoms with Gasteiger partial charge in [0.25, 0.3) is 0 Å². The Kier molecular flexibility index (Phi) is 4.07. The van der Waals surface area contributed by atoms with E-state index in [9.17, 15) is 0 Å². The molecule has 0 spiro atoms. The van der Waals surface area contributed by atoms with Gasteiger partial charge in [-0.3, -0.25) is 4.99 Å². The summed E-state index contributed by atoms with van der Waals surface area (Å²) in [4.78, 5) is 5.10. The molecule has 116 valence electrons. The Morgan fingerprint density at radius 1 is 0.625 bits per heavy atom. The van der Waals surface area contributed by atoms with Crippen LogP contribution >= 0.6 is 0 Å². The van der Waals surface area contributed by atoms with Gasteiger partial charge in [0, 0.05) is 12.1 Å². The van der Waals surface area contributed by atoms with Crippen LogP contribution in [0.4, 0.5) is 0 Å². The first-order chi connectivity index (χ1) is 11.9. The van der Waals surface area contributed by atoms with Crippen molar-refractivity contribution in [1.82, 2.24) is 0 Å². The van der Waals surface area contributed by atoms with E-state index in [1.54, 1.807) is 0 Å². The van der Waals surface area contributed by atoms with Crippen molar-refractivity contribution in [1.29, 1.82) is 0 Å². The van der Waals surface area contributed by atoms with Crippen LogP contribution in [0.15, 0.2) is 96.0 Å². The fourth-order valence-electron chi connectivity index (χ4n) is 3.16. The first-order valence-electron chi connectivity index (χ1n) is 8.33. The molecule has 0 saturated heterocycles. The van der Waals surface area contributed by atoms with Gasteiger partial charge in [0.15, 0.2) is 0 Å². The van der Waals surface area contributed by atoms with Crippen LogP contribution in [-0.4, -0.2) is 5.71 Å². The number of benzene rings is 3. The highest BCUT2D eigenvalue weighted by atomic mass is 14.8. The minimum absolute atomic E-state index is 0.0392. The highest BCUT2D eigenvalue weighted by molar-refractivity contribution is 6.02. The molecule has 1 aliphatic carbocycles. The van der Waals surface area contributed by atoms with E-state index in [1.165, 1.54) is 22.3 Å². The second-order valence-electron chi connectivity index (χ2n) is 6.05. The van der Waals surface area contributed by atoms with Gasteiger partial charge in [0.2, 0.25) is 0 Å². The monoisotopic (exact) mass is 309 g/mol. The lowest BCUT2D eigenvalue weighted by atomic mass is 9.94. The average molecular weight is 309 g/mol. The molecular formula is C23H19N. The molecule has 0 N–H and O–H groups in total. The highest BCUT2D eigenvalue weighted by Gasteiger charge is 2.15. The van der Waals surface area contributed by atoms with E-state index < -0.39 is 0 Å². The van der Waals surface area contributed by atoms with Crippen LogP contribution in [0.25, 0.3) is 6.08 Å². The minimum atomic E-state index is 0.0392. The van der Waals surface area contributed by atoms with E-state index in [2.05, 4.69) is 97.1 Å². The van der Waals surface area contributed by atoms with Crippen LogP contribution in [-0.2, 0) is 6.42 Å². The van der Waals surface area contributed by atoms with Gasteiger partial charge in [-0.1, -0.05) is 91.0 Å². The second-order valence-corrected chi connectivity index (χ2v) is 6.05. The third-order valence-electron chi connectivity index (χ3n) is 4.41. The van der Waals surface area contributed by atoms with Gasteiger partial charge < -0.3 is 0 Å². The van der Waals surface area contributed by atoms with E-state index in [0.29, 0.717) is 0 Å². The van der Waals surface area contributed by atoms with Gasteiger partial charge in [0.1, 0.15) is 6.04 Å². The zero-order valence-electron chi connectivity index (χ0n) is 13.5. The Labute approximate surface area is 143 Å². The van der Waals surface area contributed by atoms with Crippen LogP contribution in [0, 0.1) is 0 Å². The molecule has 0 fully saturated rings. The molecule has 24 heavy (non-hydrogen) atoms. The summed E-state index contributed by atoms with van der Waals surface area (Å²) in [5, 5.41) is 0. The maximum absolute atomic E-state index is 5.10. The first-order valence-corrected chi connectivity index (χ1v) is 8.33. The van der Waals surface area contributed by atoms with Crippen molar-refractivity contribution < 1.29 is 0 Å². The van der Waals surface area contributed by atoms with Crippen molar-refractivity contribution in [2.45, 2.75) is 12.5 Å². The summed E-state index contributed by atoms with van der Waals surface area (Å²) in [6.45, 7) is 0. The molecule has 0 unspecified atom stereocenters. The maximum Gasteiger partial charge on any atom is 0.100 e. The lowest BCUT2D eigenvalue weighted by Gasteiger charge is -2.18. The lowest BCUT2D eigenvalue weighted by molar-refractivity contribution is 0.869. The first kappa shape index (κ1) is 14.6. The van der Waals surface area contributed by atoms with Gasteiger partial charge in [0.05, 0.1) is 0 Å².